The first-order valence-electron chi connectivity index (χ1n) is 10.7. The second-order valence-corrected chi connectivity index (χ2v) is 10.0. The van der Waals surface area contributed by atoms with Crippen molar-refractivity contribution >= 4 is 38.7 Å². The van der Waals surface area contributed by atoms with E-state index in [-0.39, 0.29) is 46.9 Å². The van der Waals surface area contributed by atoms with E-state index in [1.54, 1.807) is 6.92 Å². The van der Waals surface area contributed by atoms with Gasteiger partial charge in [-0.25, -0.2) is 8.42 Å². The Morgan fingerprint density at radius 1 is 1.24 bits per heavy atom. The number of anilines is 3. The summed E-state index contributed by atoms with van der Waals surface area (Å²) in [5, 5.41) is 16.3. The summed E-state index contributed by atoms with van der Waals surface area (Å²) >= 11 is 6.07. The van der Waals surface area contributed by atoms with E-state index in [0.717, 1.165) is 12.8 Å². The minimum absolute atomic E-state index is 0.0290. The fraction of sp³-hybridized carbons (Fsp3) is 0.524. The van der Waals surface area contributed by atoms with E-state index >= 15 is 0 Å². The minimum atomic E-state index is -4.30. The number of nitrogens with one attached hydrogen (secondary N) is 2. The summed E-state index contributed by atoms with van der Waals surface area (Å²) in [6.07, 6.45) is 2.42. The normalized spacial score (nSPS) is 19.8. The SMILES string of the molecule is CCC(Nc1c(Nc2ccc(Cl)c(S(=O)(=O)N(CC)OC)c2O)c(=O)c1=O)C1CCC(C)O1. The van der Waals surface area contributed by atoms with E-state index in [2.05, 4.69) is 10.6 Å². The van der Waals surface area contributed by atoms with Gasteiger partial charge in [0, 0.05) is 6.54 Å². The van der Waals surface area contributed by atoms with Gasteiger partial charge in [0.1, 0.15) is 16.3 Å². The number of halogens is 1. The summed E-state index contributed by atoms with van der Waals surface area (Å²) < 4.78 is 32.3. The Morgan fingerprint density at radius 3 is 2.45 bits per heavy atom. The summed E-state index contributed by atoms with van der Waals surface area (Å²) in [7, 11) is -3.12. The molecule has 3 atom stereocenters. The third-order valence-electron chi connectivity index (χ3n) is 5.72. The van der Waals surface area contributed by atoms with Crippen molar-refractivity contribution in [2.75, 3.05) is 24.3 Å². The van der Waals surface area contributed by atoms with Crippen molar-refractivity contribution in [3.05, 3.63) is 37.6 Å². The van der Waals surface area contributed by atoms with Crippen LogP contribution < -0.4 is 21.5 Å². The molecule has 1 fully saturated rings. The monoisotopic (exact) mass is 501 g/mol. The van der Waals surface area contributed by atoms with Gasteiger partial charge in [0.15, 0.2) is 5.75 Å². The Morgan fingerprint density at radius 2 is 1.91 bits per heavy atom. The highest BCUT2D eigenvalue weighted by atomic mass is 35.5. The molecular weight excluding hydrogens is 474 g/mol. The van der Waals surface area contributed by atoms with Gasteiger partial charge in [0.2, 0.25) is 0 Å². The molecule has 12 heteroatoms. The van der Waals surface area contributed by atoms with E-state index < -0.39 is 31.5 Å². The molecule has 10 nitrogen and oxygen atoms in total. The van der Waals surface area contributed by atoms with Crippen molar-refractivity contribution in [3.8, 4) is 5.75 Å². The number of ether oxygens (including phenoxy) is 1. The third-order valence-corrected chi connectivity index (χ3v) is 8.02. The predicted octanol–water partition coefficient (Wildman–Crippen LogP) is 2.72. The standard InChI is InChI=1S/C21H28ClN3O7S/c1-5-13(15-10-7-11(3)32-15)23-16-17(20(28)19(16)27)24-14-9-8-12(22)21(18(14)26)33(29,30)25(6-2)31-4/h8-9,11,13,15,23-24,26H,5-7,10H2,1-4H3. The molecule has 0 spiro atoms. The highest BCUT2D eigenvalue weighted by Crippen LogP contribution is 2.40. The highest BCUT2D eigenvalue weighted by molar-refractivity contribution is 7.89. The van der Waals surface area contributed by atoms with Gasteiger partial charge in [-0.05, 0) is 45.2 Å². The molecule has 0 aromatic heterocycles. The average Bonchev–Trinajstić information content (AvgIpc) is 3.20. The van der Waals surface area contributed by atoms with E-state index in [9.17, 15) is 23.1 Å². The lowest BCUT2D eigenvalue weighted by molar-refractivity contribution is -0.0443. The summed E-state index contributed by atoms with van der Waals surface area (Å²) in [6.45, 7) is 5.45. The number of phenols is 1. The number of phenolic OH excluding ortho intramolecular Hbond substituents is 1. The molecule has 1 heterocycles. The van der Waals surface area contributed by atoms with Crippen molar-refractivity contribution in [1.29, 1.82) is 0 Å². The first-order valence-corrected chi connectivity index (χ1v) is 12.5. The van der Waals surface area contributed by atoms with Gasteiger partial charge in [-0.1, -0.05) is 23.0 Å². The Labute approximate surface area is 197 Å². The maximum Gasteiger partial charge on any atom is 0.270 e. The summed E-state index contributed by atoms with van der Waals surface area (Å²) in [5.74, 6) is -0.697. The zero-order valence-corrected chi connectivity index (χ0v) is 20.4. The van der Waals surface area contributed by atoms with Gasteiger partial charge >= 0.3 is 0 Å². The van der Waals surface area contributed by atoms with Crippen LogP contribution in [-0.2, 0) is 19.6 Å². The largest absolute Gasteiger partial charge is 0.504 e. The number of hydrogen-bond donors (Lipinski definition) is 3. The van der Waals surface area contributed by atoms with Crippen LogP contribution in [-0.4, -0.2) is 49.9 Å². The maximum atomic E-state index is 12.9. The second kappa shape index (κ2) is 9.98. The molecule has 0 amide bonds. The first kappa shape index (κ1) is 25.4. The van der Waals surface area contributed by atoms with Crippen LogP contribution in [0.25, 0.3) is 0 Å². The second-order valence-electron chi connectivity index (χ2n) is 7.83. The molecule has 1 aliphatic rings. The van der Waals surface area contributed by atoms with Gasteiger partial charge in [0.05, 0.1) is 36.1 Å². The first-order chi connectivity index (χ1) is 15.6. The number of hydroxylamine groups is 1. The molecule has 1 aliphatic heterocycles. The molecule has 3 rings (SSSR count). The maximum absolute atomic E-state index is 12.9. The van der Waals surface area contributed by atoms with Gasteiger partial charge < -0.3 is 20.5 Å². The number of nitrogens with zero attached hydrogens (tertiary/aromatic N) is 1. The molecule has 2 aromatic rings. The van der Waals surface area contributed by atoms with Crippen molar-refractivity contribution in [1.82, 2.24) is 4.47 Å². The number of sulfonamides is 1. The molecule has 1 saturated heterocycles. The quantitative estimate of drug-likeness (QED) is 0.255. The number of benzene rings is 1. The Hall–Kier alpha value is -2.18. The molecule has 3 N–H and O–H groups in total. The minimum Gasteiger partial charge on any atom is -0.504 e. The van der Waals surface area contributed by atoms with Gasteiger partial charge in [-0.2, -0.15) is 0 Å². The van der Waals surface area contributed by atoms with Crippen molar-refractivity contribution < 1.29 is 23.1 Å². The van der Waals surface area contributed by atoms with Gasteiger partial charge in [0.25, 0.3) is 20.9 Å². The van der Waals surface area contributed by atoms with Crippen LogP contribution in [0.4, 0.5) is 17.1 Å². The molecule has 0 saturated carbocycles. The van der Waals surface area contributed by atoms with Crippen molar-refractivity contribution in [3.63, 3.8) is 0 Å². The predicted molar refractivity (Wildman–Crippen MR) is 126 cm³/mol. The summed E-state index contributed by atoms with van der Waals surface area (Å²) in [6, 6.07) is 2.40. The molecule has 3 unspecified atom stereocenters. The Kier molecular flexibility index (Phi) is 7.69. The van der Waals surface area contributed by atoms with E-state index in [0.29, 0.717) is 10.9 Å². The van der Waals surface area contributed by atoms with Crippen molar-refractivity contribution in [2.45, 2.75) is 63.2 Å². The molecule has 0 aliphatic carbocycles. The van der Waals surface area contributed by atoms with Crippen LogP contribution in [0.15, 0.2) is 26.6 Å². The van der Waals surface area contributed by atoms with E-state index in [4.69, 9.17) is 21.2 Å². The van der Waals surface area contributed by atoms with Crippen LogP contribution in [0.5, 0.6) is 5.75 Å². The fourth-order valence-electron chi connectivity index (χ4n) is 3.95. The van der Waals surface area contributed by atoms with Crippen molar-refractivity contribution in [2.24, 2.45) is 0 Å². The lowest BCUT2D eigenvalue weighted by atomic mass is 10.0. The van der Waals surface area contributed by atoms with Crippen LogP contribution >= 0.6 is 11.6 Å². The lowest BCUT2D eigenvalue weighted by Crippen LogP contribution is -2.42. The van der Waals surface area contributed by atoms with Gasteiger partial charge in [-0.3, -0.25) is 14.4 Å². The number of aromatic hydroxyl groups is 1. The zero-order chi connectivity index (χ0) is 24.5. The van der Waals surface area contributed by atoms with Crippen LogP contribution in [0.1, 0.15) is 40.0 Å². The molecule has 0 bridgehead atoms. The van der Waals surface area contributed by atoms with Crippen LogP contribution in [0.2, 0.25) is 5.02 Å². The topological polar surface area (TPSA) is 134 Å². The van der Waals surface area contributed by atoms with E-state index in [1.807, 2.05) is 13.8 Å². The smallest absolute Gasteiger partial charge is 0.270 e. The fourth-order valence-corrected chi connectivity index (χ4v) is 5.80. The van der Waals surface area contributed by atoms with E-state index in [1.165, 1.54) is 19.2 Å². The number of rotatable bonds is 10. The molecule has 182 valence electrons. The lowest BCUT2D eigenvalue weighted by Gasteiger charge is -2.26. The third kappa shape index (κ3) is 4.73. The summed E-state index contributed by atoms with van der Waals surface area (Å²) in [4.78, 5) is 28.8. The van der Waals surface area contributed by atoms with Crippen LogP contribution in [0, 0.1) is 0 Å². The molecule has 2 aromatic carbocycles. The molecule has 0 radical (unpaired) electrons. The summed E-state index contributed by atoms with van der Waals surface area (Å²) in [5.41, 5.74) is -1.57. The molecular formula is C21H28ClN3O7S. The van der Waals surface area contributed by atoms with Crippen LogP contribution in [0.3, 0.4) is 0 Å². The Balaban J connectivity index is 1.93. The zero-order valence-electron chi connectivity index (χ0n) is 18.8. The average molecular weight is 502 g/mol. The van der Waals surface area contributed by atoms with Gasteiger partial charge in [-0.15, -0.1) is 0 Å². The molecule has 33 heavy (non-hydrogen) atoms. The highest BCUT2D eigenvalue weighted by Gasteiger charge is 2.34. The Bertz CT molecular complexity index is 1190. The number of hydrogen-bond acceptors (Lipinski definition) is 9.